The molecule has 0 radical (unpaired) electrons. The predicted octanol–water partition coefficient (Wildman–Crippen LogP) is 2.85. The summed E-state index contributed by atoms with van der Waals surface area (Å²) >= 11 is 0. The van der Waals surface area contributed by atoms with E-state index in [1.807, 2.05) is 0 Å². The first-order valence-electron chi connectivity index (χ1n) is 9.13. The van der Waals surface area contributed by atoms with Crippen molar-refractivity contribution in [3.05, 3.63) is 70.0 Å². The number of non-ortho nitro benzene ring substituents is 1. The van der Waals surface area contributed by atoms with Gasteiger partial charge in [-0.15, -0.1) is 0 Å². The average molecular weight is 387 g/mol. The standard InChI is InChI=1S/C20H22FN3O4/c21-17-4-2-16(3-5-17)14-22-10-1-11-23(13-12-22)20(25)15-28-19-8-6-18(7-9-19)24(26)27/h2-9H,1,10-15H2. The number of nitro groups is 1. The highest BCUT2D eigenvalue weighted by atomic mass is 19.1. The highest BCUT2D eigenvalue weighted by molar-refractivity contribution is 5.77. The lowest BCUT2D eigenvalue weighted by atomic mass is 10.2. The fraction of sp³-hybridized carbons (Fsp3) is 0.350. The highest BCUT2D eigenvalue weighted by Gasteiger charge is 2.19. The van der Waals surface area contributed by atoms with Gasteiger partial charge in [-0.1, -0.05) is 12.1 Å². The largest absolute Gasteiger partial charge is 0.484 e. The first-order valence-corrected chi connectivity index (χ1v) is 9.13. The molecule has 1 aliphatic rings. The van der Waals surface area contributed by atoms with E-state index in [9.17, 15) is 19.3 Å². The molecule has 1 amide bonds. The van der Waals surface area contributed by atoms with Gasteiger partial charge in [-0.05, 0) is 36.2 Å². The van der Waals surface area contributed by atoms with E-state index in [0.717, 1.165) is 31.6 Å². The molecule has 0 aromatic heterocycles. The Labute approximate surface area is 162 Å². The molecule has 148 valence electrons. The highest BCUT2D eigenvalue weighted by Crippen LogP contribution is 2.17. The van der Waals surface area contributed by atoms with Crippen LogP contribution in [0.5, 0.6) is 5.75 Å². The van der Waals surface area contributed by atoms with E-state index in [2.05, 4.69) is 4.90 Å². The third-order valence-corrected chi connectivity index (χ3v) is 4.67. The van der Waals surface area contributed by atoms with Gasteiger partial charge in [0.2, 0.25) is 0 Å². The van der Waals surface area contributed by atoms with Gasteiger partial charge in [0.1, 0.15) is 11.6 Å². The molecular weight excluding hydrogens is 365 g/mol. The van der Waals surface area contributed by atoms with Crippen molar-refractivity contribution in [2.45, 2.75) is 13.0 Å². The van der Waals surface area contributed by atoms with Crippen LogP contribution < -0.4 is 4.74 Å². The normalized spacial score (nSPS) is 15.1. The maximum absolute atomic E-state index is 13.0. The number of benzene rings is 2. The summed E-state index contributed by atoms with van der Waals surface area (Å²) in [6.07, 6.45) is 0.852. The van der Waals surface area contributed by atoms with E-state index in [1.54, 1.807) is 17.0 Å². The van der Waals surface area contributed by atoms with Gasteiger partial charge in [0.05, 0.1) is 4.92 Å². The van der Waals surface area contributed by atoms with Crippen molar-refractivity contribution in [1.29, 1.82) is 0 Å². The fourth-order valence-electron chi connectivity index (χ4n) is 3.13. The third-order valence-electron chi connectivity index (χ3n) is 4.67. The van der Waals surface area contributed by atoms with Crippen LogP contribution >= 0.6 is 0 Å². The van der Waals surface area contributed by atoms with E-state index in [1.165, 1.54) is 36.4 Å². The van der Waals surface area contributed by atoms with Gasteiger partial charge in [0, 0.05) is 44.9 Å². The van der Waals surface area contributed by atoms with Crippen molar-refractivity contribution in [3.63, 3.8) is 0 Å². The van der Waals surface area contributed by atoms with Gasteiger partial charge in [-0.3, -0.25) is 19.8 Å². The SMILES string of the molecule is O=C(COc1ccc([N+](=O)[O-])cc1)N1CCCN(Cc2ccc(F)cc2)CC1. The van der Waals surface area contributed by atoms with Gasteiger partial charge in [0.15, 0.2) is 6.61 Å². The van der Waals surface area contributed by atoms with E-state index >= 15 is 0 Å². The molecule has 0 unspecified atom stereocenters. The molecule has 1 fully saturated rings. The zero-order valence-corrected chi connectivity index (χ0v) is 15.4. The zero-order valence-electron chi connectivity index (χ0n) is 15.4. The molecule has 7 nitrogen and oxygen atoms in total. The number of nitrogens with zero attached hydrogens (tertiary/aromatic N) is 3. The summed E-state index contributed by atoms with van der Waals surface area (Å²) in [5, 5.41) is 10.7. The molecule has 28 heavy (non-hydrogen) atoms. The van der Waals surface area contributed by atoms with E-state index in [4.69, 9.17) is 4.74 Å². The van der Waals surface area contributed by atoms with Gasteiger partial charge >= 0.3 is 0 Å². The number of carbonyl (C=O) groups excluding carboxylic acids is 1. The first-order chi connectivity index (χ1) is 13.5. The maximum Gasteiger partial charge on any atom is 0.269 e. The summed E-state index contributed by atoms with van der Waals surface area (Å²) in [6.45, 7) is 3.48. The minimum absolute atomic E-state index is 0.0209. The average Bonchev–Trinajstić information content (AvgIpc) is 2.94. The van der Waals surface area contributed by atoms with Crippen LogP contribution in [0.4, 0.5) is 10.1 Å². The summed E-state index contributed by atoms with van der Waals surface area (Å²) in [6, 6.07) is 12.1. The smallest absolute Gasteiger partial charge is 0.269 e. The van der Waals surface area contributed by atoms with Gasteiger partial charge in [-0.25, -0.2) is 4.39 Å². The van der Waals surface area contributed by atoms with Crippen LogP contribution in [-0.2, 0) is 11.3 Å². The number of amides is 1. The predicted molar refractivity (Wildman–Crippen MR) is 101 cm³/mol. The molecule has 8 heteroatoms. The molecule has 1 saturated heterocycles. The molecule has 1 heterocycles. The molecule has 2 aromatic carbocycles. The van der Waals surface area contributed by atoms with Crippen LogP contribution in [0.2, 0.25) is 0 Å². The molecule has 1 aliphatic heterocycles. The summed E-state index contributed by atoms with van der Waals surface area (Å²) in [4.78, 5) is 26.6. The van der Waals surface area contributed by atoms with Gasteiger partial charge in [0.25, 0.3) is 11.6 Å². The Kier molecular flexibility index (Phi) is 6.54. The number of nitro benzene ring substituents is 1. The second-order valence-electron chi connectivity index (χ2n) is 6.68. The number of hydrogen-bond donors (Lipinski definition) is 0. The van der Waals surface area contributed by atoms with Gasteiger partial charge < -0.3 is 9.64 Å². The van der Waals surface area contributed by atoms with Crippen LogP contribution in [0, 0.1) is 15.9 Å². The minimum atomic E-state index is -0.482. The molecule has 0 atom stereocenters. The Morgan fingerprint density at radius 2 is 1.75 bits per heavy atom. The zero-order chi connectivity index (χ0) is 19.9. The van der Waals surface area contributed by atoms with Crippen molar-refractivity contribution in [2.24, 2.45) is 0 Å². The number of hydrogen-bond acceptors (Lipinski definition) is 5. The topological polar surface area (TPSA) is 75.9 Å². The lowest BCUT2D eigenvalue weighted by Crippen LogP contribution is -2.38. The molecule has 0 bridgehead atoms. The second kappa shape index (κ2) is 9.27. The molecular formula is C20H22FN3O4. The Bertz CT molecular complexity index is 811. The Hall–Kier alpha value is -3.00. The fourth-order valence-corrected chi connectivity index (χ4v) is 3.13. The van der Waals surface area contributed by atoms with Crippen LogP contribution in [0.15, 0.2) is 48.5 Å². The number of rotatable bonds is 6. The summed E-state index contributed by atoms with van der Waals surface area (Å²) in [7, 11) is 0. The molecule has 0 aliphatic carbocycles. The van der Waals surface area contributed by atoms with Gasteiger partial charge in [-0.2, -0.15) is 0 Å². The van der Waals surface area contributed by atoms with E-state index in [-0.39, 0.29) is 24.0 Å². The Balaban J connectivity index is 1.47. The lowest BCUT2D eigenvalue weighted by molar-refractivity contribution is -0.384. The maximum atomic E-state index is 13.0. The minimum Gasteiger partial charge on any atom is -0.484 e. The van der Waals surface area contributed by atoms with Crippen molar-refractivity contribution < 1.29 is 18.8 Å². The monoisotopic (exact) mass is 387 g/mol. The summed E-state index contributed by atoms with van der Waals surface area (Å²) < 4.78 is 18.5. The molecule has 2 aromatic rings. The van der Waals surface area contributed by atoms with Crippen LogP contribution in [0.3, 0.4) is 0 Å². The second-order valence-corrected chi connectivity index (χ2v) is 6.68. The third kappa shape index (κ3) is 5.50. The number of carbonyl (C=O) groups is 1. The number of halogens is 1. The molecule has 3 rings (SSSR count). The molecule has 0 N–H and O–H groups in total. The number of ether oxygens (including phenoxy) is 1. The van der Waals surface area contributed by atoms with E-state index in [0.29, 0.717) is 18.8 Å². The van der Waals surface area contributed by atoms with Crippen LogP contribution in [-0.4, -0.2) is 53.4 Å². The first kappa shape index (κ1) is 19.8. The van der Waals surface area contributed by atoms with Crippen LogP contribution in [0.25, 0.3) is 0 Å². The van der Waals surface area contributed by atoms with Crippen molar-refractivity contribution in [1.82, 2.24) is 9.80 Å². The van der Waals surface area contributed by atoms with Crippen molar-refractivity contribution >= 4 is 11.6 Å². The quantitative estimate of drug-likeness (QED) is 0.563. The van der Waals surface area contributed by atoms with Crippen molar-refractivity contribution in [3.8, 4) is 5.75 Å². The van der Waals surface area contributed by atoms with E-state index < -0.39 is 4.92 Å². The van der Waals surface area contributed by atoms with Crippen LogP contribution in [0.1, 0.15) is 12.0 Å². The molecule has 0 spiro atoms. The van der Waals surface area contributed by atoms with Crippen molar-refractivity contribution in [2.75, 3.05) is 32.8 Å². The lowest BCUT2D eigenvalue weighted by Gasteiger charge is -2.22. The Morgan fingerprint density at radius 3 is 2.43 bits per heavy atom. The summed E-state index contributed by atoms with van der Waals surface area (Å²) in [5.74, 6) is 0.0677. The Morgan fingerprint density at radius 1 is 1.04 bits per heavy atom. The molecule has 0 saturated carbocycles. The summed E-state index contributed by atoms with van der Waals surface area (Å²) in [5.41, 5.74) is 1.02.